The van der Waals surface area contributed by atoms with E-state index in [-0.39, 0.29) is 56.5 Å². The number of aliphatic carboxylic acids is 4. The minimum absolute atomic E-state index is 0.0139. The number of nitrogens with two attached hydrogens (primary N) is 5. The molecule has 0 spiro atoms. The van der Waals surface area contributed by atoms with E-state index >= 15 is 0 Å². The van der Waals surface area contributed by atoms with Crippen molar-refractivity contribution in [2.75, 3.05) is 26.2 Å². The molecule has 0 radical (unpaired) electrons. The monoisotopic (exact) mass is 1890 g/mol. The number of carboxylic acids is 4. The molecule has 2 aromatic rings. The van der Waals surface area contributed by atoms with Crippen LogP contribution in [0.3, 0.4) is 0 Å². The van der Waals surface area contributed by atoms with Crippen LogP contribution >= 0.6 is 0 Å². The van der Waals surface area contributed by atoms with Gasteiger partial charge in [-0.3, -0.25) is 105 Å². The van der Waals surface area contributed by atoms with E-state index in [1.807, 2.05) is 16.0 Å². The van der Waals surface area contributed by atoms with Crippen molar-refractivity contribution in [1.29, 1.82) is 0 Å². The molecule has 133 heavy (non-hydrogen) atoms. The average Bonchev–Trinajstić information content (AvgIpc) is 1.07. The standard InChI is InChI=1S/C80H126N24O29/c1-35(2)61(78(130)100-51(28-56(85)108)74(126)97-50(27-55(84)107)73(125)99-53(30-60(114)115)75(127)95-48(80(132)133)21-22-58(110)111)102-67(119)41(10)91-64(116)38(7)89-57(109)32-87-69(121)52(29-59(112)113)98-72(124)49(25-42-17-19-44(106)20-18-42)96-66(118)40(9)90-65(117)39(8)92-70(122)46(15-11-13-23-81)93-71(123)47(16-12-14-24-82)94-77(129)62(36(3)4)104-79(131)63(37(5)6)103-76(128)54(33-105)101-68(120)45(83)26-43-31-86-34-88-43/h17-20,31,34-41,45-54,61-63,105-106H,11-16,21-30,32-33,81-83H2,1-10H3,(H2,84,107)(H2,85,108)(H,86,88)(H,87,121)(H,89,109)(H,90,117)(H,91,116)(H,92,122)(H,93,123)(H,94,129)(H,95,127)(H,96,118)(H,97,126)(H,98,124)(H,99,125)(H,100,130)(H,101,120)(H,102,119)(H,103,128)(H,104,131)(H,110,111)(H,112,113)(H,114,115)(H,132,133)/t38-,39-,40-,41-,45-,46-,47-,48-,49-,50-,51-,52-,53-,54-,61-,62-,63-/m0/s1. The normalized spacial score (nSPS) is 14.9. The molecule has 740 valence electrons. The van der Waals surface area contributed by atoms with Gasteiger partial charge in [-0.25, -0.2) is 9.78 Å². The summed E-state index contributed by atoms with van der Waals surface area (Å²) < 4.78 is 0. The third-order valence-electron chi connectivity index (χ3n) is 19.9. The Hall–Kier alpha value is -14.1. The average molecular weight is 1890 g/mol. The van der Waals surface area contributed by atoms with Crippen LogP contribution in [-0.4, -0.2) is 306 Å². The van der Waals surface area contributed by atoms with Gasteiger partial charge in [-0.05, 0) is 121 Å². The Kier molecular flexibility index (Phi) is 50.0. The summed E-state index contributed by atoms with van der Waals surface area (Å²) in [6.07, 6.45) is -2.40. The summed E-state index contributed by atoms with van der Waals surface area (Å²) in [5.41, 5.74) is 28.9. The van der Waals surface area contributed by atoms with Crippen LogP contribution in [0.15, 0.2) is 36.8 Å². The van der Waals surface area contributed by atoms with Crippen molar-refractivity contribution in [3.8, 4) is 5.75 Å². The SMILES string of the molecule is CC(C)[C@H](NC(=O)[C@H](C)NC(=O)[C@H](C)NC(=O)CNC(=O)[C@H](CC(=O)O)NC(=O)[C@H](Cc1ccc(O)cc1)NC(=O)[C@H](C)NC(=O)[C@H](C)NC(=O)[C@H](CCCCN)NC(=O)[C@H](CCCCN)NC(=O)[C@@H](NC(=O)[C@@H](NC(=O)[C@H](CO)NC(=O)[C@@H](N)Cc1c[nH]cn1)C(C)C)C(C)C)C(=O)N[C@@H](CC(N)=O)C(=O)N[C@@H](CC(N)=O)C(=O)N[C@@H](CC(=O)O)C(=O)N[C@@H](CCC(=O)O)C(=O)O. The number of carbonyl (C=O) groups is 23. The Morgan fingerprint density at radius 1 is 0.361 bits per heavy atom. The fourth-order valence-electron chi connectivity index (χ4n) is 12.3. The lowest BCUT2D eigenvalue weighted by atomic mass is 9.98. The number of aromatic amines is 1. The molecule has 0 aliphatic carbocycles. The summed E-state index contributed by atoms with van der Waals surface area (Å²) in [7, 11) is 0. The van der Waals surface area contributed by atoms with Gasteiger partial charge in [-0.15, -0.1) is 0 Å². The molecule has 19 amide bonds. The molecule has 53 nitrogen and oxygen atoms in total. The zero-order valence-electron chi connectivity index (χ0n) is 75.1. The van der Waals surface area contributed by atoms with Crippen molar-refractivity contribution in [3.05, 3.63) is 48.0 Å². The lowest BCUT2D eigenvalue weighted by Crippen LogP contribution is -2.62. The predicted octanol–water partition coefficient (Wildman–Crippen LogP) is -11.0. The van der Waals surface area contributed by atoms with Crippen molar-refractivity contribution >= 4 is 136 Å². The second kappa shape index (κ2) is 57.8. The van der Waals surface area contributed by atoms with Crippen molar-refractivity contribution < 1.29 is 141 Å². The second-order valence-electron chi connectivity index (χ2n) is 32.2. The number of nitrogens with one attached hydrogen (secondary N) is 18. The summed E-state index contributed by atoms with van der Waals surface area (Å²) in [5.74, 6) is -30.3. The van der Waals surface area contributed by atoms with Crippen LogP contribution in [0.25, 0.3) is 0 Å². The third-order valence-corrected chi connectivity index (χ3v) is 19.9. The van der Waals surface area contributed by atoms with Crippen LogP contribution in [0.5, 0.6) is 5.75 Å². The van der Waals surface area contributed by atoms with E-state index in [0.717, 1.165) is 13.8 Å². The number of imidazole rings is 1. The molecule has 0 saturated carbocycles. The number of benzene rings is 1. The van der Waals surface area contributed by atoms with E-state index in [1.165, 1.54) is 64.5 Å². The van der Waals surface area contributed by atoms with Crippen molar-refractivity contribution in [2.45, 2.75) is 262 Å². The molecule has 53 heteroatoms. The Balaban J connectivity index is 2.26. The molecule has 34 N–H and O–H groups in total. The molecular formula is C80H126N24O29. The fraction of sp³-hybridized carbons (Fsp3) is 0.600. The number of aromatic hydroxyl groups is 1. The van der Waals surface area contributed by atoms with Crippen LogP contribution in [0, 0.1) is 17.8 Å². The zero-order valence-corrected chi connectivity index (χ0v) is 75.1. The molecule has 0 fully saturated rings. The van der Waals surface area contributed by atoms with Gasteiger partial charge >= 0.3 is 23.9 Å². The Morgan fingerprint density at radius 2 is 0.699 bits per heavy atom. The number of amides is 19. The molecule has 1 heterocycles. The van der Waals surface area contributed by atoms with E-state index in [4.69, 9.17) is 33.8 Å². The number of aliphatic hydroxyl groups excluding tert-OH is 1. The van der Waals surface area contributed by atoms with Gasteiger partial charge < -0.3 is 155 Å². The second-order valence-corrected chi connectivity index (χ2v) is 32.2. The first-order valence-corrected chi connectivity index (χ1v) is 42.3. The van der Waals surface area contributed by atoms with Gasteiger partial charge in [0.2, 0.25) is 112 Å². The number of phenols is 1. The predicted molar refractivity (Wildman–Crippen MR) is 463 cm³/mol. The molecule has 0 bridgehead atoms. The van der Waals surface area contributed by atoms with Gasteiger partial charge in [-0.2, -0.15) is 0 Å². The quantitative estimate of drug-likeness (QED) is 0.0274. The Bertz CT molecular complexity index is 4400. The van der Waals surface area contributed by atoms with Crippen molar-refractivity contribution in [1.82, 2.24) is 100 Å². The molecule has 1 aromatic heterocycles. The fourth-order valence-corrected chi connectivity index (χ4v) is 12.3. The first-order chi connectivity index (χ1) is 62.2. The lowest BCUT2D eigenvalue weighted by molar-refractivity contribution is -0.144. The number of nitrogens with zero attached hydrogens (tertiary/aromatic N) is 1. The minimum atomic E-state index is -2.14. The number of carboxylic acid groups (broad SMARTS) is 4. The molecular weight excluding hydrogens is 1760 g/mol. The van der Waals surface area contributed by atoms with Gasteiger partial charge in [-0.1, -0.05) is 53.7 Å². The van der Waals surface area contributed by atoms with E-state index in [1.54, 1.807) is 27.7 Å². The van der Waals surface area contributed by atoms with Crippen LogP contribution in [0.2, 0.25) is 0 Å². The molecule has 0 unspecified atom stereocenters. The highest BCUT2D eigenvalue weighted by Crippen LogP contribution is 2.16. The van der Waals surface area contributed by atoms with Crippen molar-refractivity contribution in [2.24, 2.45) is 46.4 Å². The zero-order chi connectivity index (χ0) is 101. The highest BCUT2D eigenvalue weighted by molar-refractivity contribution is 6.03. The number of H-pyrrole nitrogens is 1. The lowest BCUT2D eigenvalue weighted by Gasteiger charge is -2.30. The van der Waals surface area contributed by atoms with Crippen LogP contribution in [0.1, 0.15) is 158 Å². The first-order valence-electron chi connectivity index (χ1n) is 42.3. The van der Waals surface area contributed by atoms with E-state index in [0.29, 0.717) is 18.5 Å². The Morgan fingerprint density at radius 3 is 1.11 bits per heavy atom. The smallest absolute Gasteiger partial charge is 0.326 e. The van der Waals surface area contributed by atoms with Gasteiger partial charge in [0.1, 0.15) is 102 Å². The number of carbonyl (C=O) groups excluding carboxylic acids is 19. The third kappa shape index (κ3) is 42.5. The van der Waals surface area contributed by atoms with Crippen molar-refractivity contribution in [3.63, 3.8) is 0 Å². The number of primary amides is 2. The molecule has 0 aliphatic heterocycles. The summed E-state index contributed by atoms with van der Waals surface area (Å²) in [4.78, 5) is 311. The van der Waals surface area contributed by atoms with Crippen LogP contribution in [-0.2, 0) is 123 Å². The summed E-state index contributed by atoms with van der Waals surface area (Å²) in [5, 5.41) is 97.2. The Labute approximate surface area is 762 Å². The summed E-state index contributed by atoms with van der Waals surface area (Å²) in [6, 6.07) is -22.8. The van der Waals surface area contributed by atoms with Crippen LogP contribution in [0.4, 0.5) is 0 Å². The van der Waals surface area contributed by atoms with Crippen LogP contribution < -0.4 is 119 Å². The van der Waals surface area contributed by atoms with Gasteiger partial charge in [0, 0.05) is 25.5 Å². The van der Waals surface area contributed by atoms with Gasteiger partial charge in [0.05, 0.1) is 56.9 Å². The topological polar surface area (TPSA) is 877 Å². The highest BCUT2D eigenvalue weighted by Gasteiger charge is 2.40. The largest absolute Gasteiger partial charge is 0.508 e. The number of aromatic nitrogens is 2. The summed E-state index contributed by atoms with van der Waals surface area (Å²) >= 11 is 0. The summed E-state index contributed by atoms with van der Waals surface area (Å²) in [6.45, 7) is 12.2. The van der Waals surface area contributed by atoms with Gasteiger partial charge in [0.25, 0.3) is 0 Å². The maximum atomic E-state index is 14.4. The first kappa shape index (κ1) is 115. The maximum absolute atomic E-state index is 14.4. The van der Waals surface area contributed by atoms with E-state index in [2.05, 4.69) is 84.4 Å². The van der Waals surface area contributed by atoms with E-state index in [9.17, 15) is 136 Å². The van der Waals surface area contributed by atoms with Gasteiger partial charge in [0.15, 0.2) is 0 Å². The molecule has 17 atom stereocenters. The molecule has 2 rings (SSSR count). The number of phenolic OH excluding ortho intramolecular Hbond substituents is 1. The van der Waals surface area contributed by atoms with E-state index < -0.39 is 315 Å². The number of hydrogen-bond acceptors (Lipinski definition) is 29. The number of aliphatic hydroxyl groups is 1. The number of hydrogen-bond donors (Lipinski definition) is 29. The number of unbranched alkanes of at least 4 members (excludes halogenated alkanes) is 2. The molecule has 0 saturated heterocycles. The molecule has 1 aromatic carbocycles. The minimum Gasteiger partial charge on any atom is -0.508 e. The highest BCUT2D eigenvalue weighted by atomic mass is 16.4. The maximum Gasteiger partial charge on any atom is 0.326 e. The molecule has 0 aliphatic rings. The number of rotatable bonds is 62.